The first-order chi connectivity index (χ1) is 22.7. The molecule has 0 fully saturated rings. The monoisotopic (exact) mass is 592 g/mol. The van der Waals surface area contributed by atoms with Crippen LogP contribution in [0.15, 0.2) is 110 Å². The molecule has 0 unspecified atom stereocenters. The number of imidazole rings is 2. The molecule has 46 heavy (non-hydrogen) atoms. The van der Waals surface area contributed by atoms with E-state index in [1.807, 2.05) is 49.1 Å². The Bertz CT molecular complexity index is 2700. The highest BCUT2D eigenvalue weighted by Crippen LogP contribution is 2.40. The number of hydrogen-bond acceptors (Lipinski definition) is 6. The van der Waals surface area contributed by atoms with Crippen LogP contribution in [0.2, 0.25) is 0 Å². The summed E-state index contributed by atoms with van der Waals surface area (Å²) < 4.78 is 4.39. The third kappa shape index (κ3) is 3.22. The van der Waals surface area contributed by atoms with Crippen molar-refractivity contribution in [1.82, 2.24) is 39.0 Å². The van der Waals surface area contributed by atoms with Crippen molar-refractivity contribution in [1.29, 1.82) is 0 Å². The third-order valence-electron chi connectivity index (χ3n) is 9.29. The van der Waals surface area contributed by atoms with Gasteiger partial charge < -0.3 is 9.13 Å². The van der Waals surface area contributed by atoms with Crippen LogP contribution in [-0.4, -0.2) is 39.0 Å². The second-order valence-electron chi connectivity index (χ2n) is 11.7. The van der Waals surface area contributed by atoms with Crippen molar-refractivity contribution in [3.8, 4) is 22.8 Å². The predicted octanol–water partition coefficient (Wildman–Crippen LogP) is 8.14. The van der Waals surface area contributed by atoms with E-state index in [1.165, 1.54) is 0 Å². The predicted molar refractivity (Wildman–Crippen MR) is 185 cm³/mol. The molecule has 0 saturated heterocycles. The summed E-state index contributed by atoms with van der Waals surface area (Å²) in [6.45, 7) is 0. The Balaban J connectivity index is 1.26. The van der Waals surface area contributed by atoms with Crippen molar-refractivity contribution in [2.24, 2.45) is 14.1 Å². The number of rotatable bonds is 2. The first-order valence-corrected chi connectivity index (χ1v) is 15.2. The molecule has 216 valence electrons. The quantitative estimate of drug-likeness (QED) is 0.188. The van der Waals surface area contributed by atoms with Gasteiger partial charge in [0.15, 0.2) is 0 Å². The van der Waals surface area contributed by atoms with E-state index in [1.54, 1.807) is 0 Å². The highest BCUT2D eigenvalue weighted by atomic mass is 15.1. The van der Waals surface area contributed by atoms with Crippen LogP contribution in [0.1, 0.15) is 0 Å². The Hall–Kier alpha value is -6.28. The summed E-state index contributed by atoms with van der Waals surface area (Å²) in [7, 11) is 4.18. The van der Waals surface area contributed by atoms with Crippen LogP contribution in [0, 0.1) is 0 Å². The number of benzene rings is 4. The Labute approximate surface area is 261 Å². The maximum absolute atomic E-state index is 5.29. The van der Waals surface area contributed by atoms with E-state index in [0.717, 1.165) is 99.2 Å². The normalized spacial score (nSPS) is 12.1. The number of aryl methyl sites for hydroxylation is 2. The van der Waals surface area contributed by atoms with Crippen LogP contribution in [0.4, 0.5) is 0 Å². The van der Waals surface area contributed by atoms with Crippen LogP contribution >= 0.6 is 0 Å². The van der Waals surface area contributed by atoms with Crippen molar-refractivity contribution in [3.63, 3.8) is 0 Å². The van der Waals surface area contributed by atoms with Crippen molar-refractivity contribution < 1.29 is 0 Å². The van der Waals surface area contributed by atoms with Crippen LogP contribution in [0.3, 0.4) is 0 Å². The SMILES string of the molecule is Cn1c(-c2cccc3c(-c4nc5c6cccnc6c6ncccc6c5n4C)cccc23)nc2c3cccnc3c3ncccc3c21. The Morgan fingerprint density at radius 2 is 0.717 bits per heavy atom. The molecule has 0 aliphatic heterocycles. The van der Waals surface area contributed by atoms with Gasteiger partial charge in [-0.1, -0.05) is 36.4 Å². The van der Waals surface area contributed by atoms with Gasteiger partial charge in [0.2, 0.25) is 0 Å². The third-order valence-corrected chi connectivity index (χ3v) is 9.29. The van der Waals surface area contributed by atoms with Crippen molar-refractivity contribution in [3.05, 3.63) is 110 Å². The molecule has 0 radical (unpaired) electrons. The first-order valence-electron chi connectivity index (χ1n) is 15.2. The summed E-state index contributed by atoms with van der Waals surface area (Å²) in [6.07, 6.45) is 7.28. The molecule has 6 heterocycles. The van der Waals surface area contributed by atoms with Crippen LogP contribution in [0.5, 0.6) is 0 Å². The van der Waals surface area contributed by atoms with E-state index in [4.69, 9.17) is 29.9 Å². The zero-order valence-electron chi connectivity index (χ0n) is 25.0. The maximum atomic E-state index is 5.29. The molecule has 8 nitrogen and oxygen atoms in total. The molecule has 0 aliphatic carbocycles. The minimum atomic E-state index is 0.864. The van der Waals surface area contributed by atoms with Gasteiger partial charge in [-0.2, -0.15) is 0 Å². The minimum absolute atomic E-state index is 0.864. The summed E-state index contributed by atoms with van der Waals surface area (Å²) >= 11 is 0. The number of nitrogens with zero attached hydrogens (tertiary/aromatic N) is 8. The molecule has 8 heteroatoms. The minimum Gasteiger partial charge on any atom is -0.327 e. The summed E-state index contributed by atoms with van der Waals surface area (Å²) in [5.41, 5.74) is 9.53. The van der Waals surface area contributed by atoms with E-state index in [2.05, 4.69) is 83.9 Å². The average Bonchev–Trinajstić information content (AvgIpc) is 3.65. The van der Waals surface area contributed by atoms with Crippen molar-refractivity contribution in [2.45, 2.75) is 0 Å². The fraction of sp³-hybridized carbons (Fsp3) is 0.0526. The van der Waals surface area contributed by atoms with E-state index in [0.29, 0.717) is 0 Å². The lowest BCUT2D eigenvalue weighted by Gasteiger charge is -2.11. The highest BCUT2D eigenvalue weighted by molar-refractivity contribution is 6.23. The number of pyridine rings is 4. The first kappa shape index (κ1) is 25.1. The van der Waals surface area contributed by atoms with Gasteiger partial charge in [0, 0.05) is 71.6 Å². The fourth-order valence-electron chi connectivity index (χ4n) is 7.31. The molecule has 0 bridgehead atoms. The van der Waals surface area contributed by atoms with Gasteiger partial charge in [-0.15, -0.1) is 0 Å². The number of aromatic nitrogens is 8. The van der Waals surface area contributed by atoms with E-state index in [-0.39, 0.29) is 0 Å². The van der Waals surface area contributed by atoms with Gasteiger partial charge in [0.25, 0.3) is 0 Å². The molecular formula is C38H24N8. The molecule has 0 spiro atoms. The second kappa shape index (κ2) is 9.12. The lowest BCUT2D eigenvalue weighted by molar-refractivity contribution is 0.962. The fourth-order valence-corrected chi connectivity index (χ4v) is 7.31. The summed E-state index contributed by atoms with van der Waals surface area (Å²) in [5, 5.41) is 6.27. The smallest absolute Gasteiger partial charge is 0.141 e. The molecule has 10 aromatic rings. The lowest BCUT2D eigenvalue weighted by atomic mass is 9.99. The van der Waals surface area contributed by atoms with Crippen LogP contribution < -0.4 is 0 Å². The maximum Gasteiger partial charge on any atom is 0.141 e. The summed E-state index contributed by atoms with van der Waals surface area (Å²) in [6, 6.07) is 29.1. The molecule has 4 aromatic carbocycles. The molecule has 0 atom stereocenters. The Morgan fingerprint density at radius 3 is 1.13 bits per heavy atom. The largest absolute Gasteiger partial charge is 0.327 e. The average molecular weight is 593 g/mol. The van der Waals surface area contributed by atoms with Gasteiger partial charge in [-0.05, 0) is 59.3 Å². The molecule has 0 aliphatic rings. The molecule has 0 amide bonds. The van der Waals surface area contributed by atoms with Gasteiger partial charge in [0.1, 0.15) is 11.6 Å². The zero-order chi connectivity index (χ0) is 30.5. The molecular weight excluding hydrogens is 568 g/mol. The Kier molecular flexibility index (Phi) is 4.97. The van der Waals surface area contributed by atoms with Gasteiger partial charge >= 0.3 is 0 Å². The van der Waals surface area contributed by atoms with Crippen molar-refractivity contribution in [2.75, 3.05) is 0 Å². The second-order valence-corrected chi connectivity index (χ2v) is 11.7. The lowest BCUT2D eigenvalue weighted by Crippen LogP contribution is -1.97. The van der Waals surface area contributed by atoms with Crippen LogP contribution in [0.25, 0.3) is 99.2 Å². The molecule has 0 saturated carbocycles. The Morgan fingerprint density at radius 1 is 0.370 bits per heavy atom. The van der Waals surface area contributed by atoms with Gasteiger partial charge in [-0.25, -0.2) is 9.97 Å². The molecule has 10 rings (SSSR count). The van der Waals surface area contributed by atoms with E-state index < -0.39 is 0 Å². The summed E-state index contributed by atoms with van der Waals surface area (Å²) in [4.78, 5) is 29.4. The number of hydrogen-bond donors (Lipinski definition) is 0. The number of fused-ring (bicyclic) bond motifs is 13. The van der Waals surface area contributed by atoms with Crippen LogP contribution in [-0.2, 0) is 14.1 Å². The molecule has 6 aromatic heterocycles. The van der Waals surface area contributed by atoms with Gasteiger partial charge in [-0.3, -0.25) is 19.9 Å². The van der Waals surface area contributed by atoms with Crippen molar-refractivity contribution >= 4 is 76.5 Å². The standard InChI is InChI=1S/C38H24N8/c1-45-35-27-15-7-19-41-31(27)29-25(13-5-17-39-29)33(35)43-37(45)23-11-3-10-22-21(23)9-4-12-24(22)38-44-34-26-14-6-18-40-30(26)32-28(16-8-20-42-32)36(34)46(38)2/h3-20H,1-2H3. The zero-order valence-corrected chi connectivity index (χ0v) is 25.0. The highest BCUT2D eigenvalue weighted by Gasteiger charge is 2.22. The van der Waals surface area contributed by atoms with Gasteiger partial charge in [0.05, 0.1) is 44.1 Å². The summed E-state index contributed by atoms with van der Waals surface area (Å²) in [5.74, 6) is 1.77. The van der Waals surface area contributed by atoms with E-state index in [9.17, 15) is 0 Å². The topological polar surface area (TPSA) is 87.2 Å². The van der Waals surface area contributed by atoms with E-state index >= 15 is 0 Å². The molecule has 0 N–H and O–H groups in total.